The van der Waals surface area contributed by atoms with Gasteiger partial charge in [0.05, 0.1) is 19.2 Å². The molecule has 112 valence electrons. The van der Waals surface area contributed by atoms with E-state index >= 15 is 0 Å². The van der Waals surface area contributed by atoms with Crippen molar-refractivity contribution >= 4 is 11.8 Å². The molecule has 7 heteroatoms. The molecule has 21 heavy (non-hydrogen) atoms. The minimum atomic E-state index is 0.186. The highest BCUT2D eigenvalue weighted by Gasteiger charge is 2.23. The van der Waals surface area contributed by atoms with Gasteiger partial charge in [-0.3, -0.25) is 0 Å². The Labute approximate surface area is 127 Å². The highest BCUT2D eigenvalue weighted by molar-refractivity contribution is 7.99. The van der Waals surface area contributed by atoms with Crippen LogP contribution in [0.2, 0.25) is 0 Å². The van der Waals surface area contributed by atoms with Crippen molar-refractivity contribution in [3.8, 4) is 22.9 Å². The van der Waals surface area contributed by atoms with Crippen LogP contribution >= 0.6 is 11.8 Å². The topological polar surface area (TPSA) is 83.4 Å². The SMILES string of the molecule is COc1cccc(-c2noc(CN)n2)c1OC1CCSC1. The van der Waals surface area contributed by atoms with Crippen LogP contribution < -0.4 is 15.2 Å². The zero-order valence-corrected chi connectivity index (χ0v) is 12.6. The van der Waals surface area contributed by atoms with E-state index in [1.54, 1.807) is 7.11 Å². The summed E-state index contributed by atoms with van der Waals surface area (Å²) in [5.41, 5.74) is 6.27. The van der Waals surface area contributed by atoms with E-state index < -0.39 is 0 Å². The summed E-state index contributed by atoms with van der Waals surface area (Å²) in [6.45, 7) is 0.215. The predicted octanol–water partition coefficient (Wildman–Crippen LogP) is 2.09. The average Bonchev–Trinajstić information content (AvgIpc) is 3.18. The van der Waals surface area contributed by atoms with E-state index in [2.05, 4.69) is 10.1 Å². The number of ether oxygens (including phenoxy) is 2. The number of aromatic nitrogens is 2. The van der Waals surface area contributed by atoms with Gasteiger partial charge in [0.2, 0.25) is 11.7 Å². The molecular weight excluding hydrogens is 290 g/mol. The summed E-state index contributed by atoms with van der Waals surface area (Å²) in [6, 6.07) is 5.64. The maximum Gasteiger partial charge on any atom is 0.240 e. The standard InChI is InChI=1S/C14H17N3O3S/c1-18-11-4-2-3-10(14-16-12(7-15)20-17-14)13(11)19-9-5-6-21-8-9/h2-4,9H,5-8,15H2,1H3. The van der Waals surface area contributed by atoms with Gasteiger partial charge in [-0.2, -0.15) is 16.7 Å². The Hall–Kier alpha value is -1.73. The largest absolute Gasteiger partial charge is 0.493 e. The first-order chi connectivity index (χ1) is 10.3. The fourth-order valence-corrected chi connectivity index (χ4v) is 3.29. The van der Waals surface area contributed by atoms with Gasteiger partial charge in [0.1, 0.15) is 6.10 Å². The molecule has 1 aliphatic rings. The molecule has 2 N–H and O–H groups in total. The van der Waals surface area contributed by atoms with Crippen molar-refractivity contribution in [1.82, 2.24) is 10.1 Å². The summed E-state index contributed by atoms with van der Waals surface area (Å²) in [5.74, 6) is 4.30. The Balaban J connectivity index is 1.97. The molecule has 0 bridgehead atoms. The van der Waals surface area contributed by atoms with Crippen LogP contribution in [-0.4, -0.2) is 34.9 Å². The lowest BCUT2D eigenvalue weighted by Gasteiger charge is -2.17. The Morgan fingerprint density at radius 3 is 3.05 bits per heavy atom. The number of methoxy groups -OCH3 is 1. The van der Waals surface area contributed by atoms with E-state index in [4.69, 9.17) is 19.7 Å². The highest BCUT2D eigenvalue weighted by Crippen LogP contribution is 2.38. The summed E-state index contributed by atoms with van der Waals surface area (Å²) in [5, 5.41) is 3.96. The van der Waals surface area contributed by atoms with Gasteiger partial charge in [-0.15, -0.1) is 0 Å². The van der Waals surface area contributed by atoms with Crippen molar-refractivity contribution in [1.29, 1.82) is 0 Å². The van der Waals surface area contributed by atoms with E-state index in [1.807, 2.05) is 30.0 Å². The Kier molecular flexibility index (Phi) is 4.31. The van der Waals surface area contributed by atoms with E-state index in [9.17, 15) is 0 Å². The van der Waals surface area contributed by atoms with Gasteiger partial charge in [-0.1, -0.05) is 11.2 Å². The molecule has 1 aromatic heterocycles. The highest BCUT2D eigenvalue weighted by atomic mass is 32.2. The van der Waals surface area contributed by atoms with Crippen LogP contribution in [0.5, 0.6) is 11.5 Å². The maximum absolute atomic E-state index is 6.13. The molecule has 0 radical (unpaired) electrons. The quantitative estimate of drug-likeness (QED) is 0.905. The summed E-state index contributed by atoms with van der Waals surface area (Å²) >= 11 is 1.89. The number of benzene rings is 1. The number of thioether (sulfide) groups is 1. The van der Waals surface area contributed by atoms with Gasteiger partial charge in [-0.25, -0.2) is 0 Å². The van der Waals surface area contributed by atoms with Crippen molar-refractivity contribution in [3.63, 3.8) is 0 Å². The summed E-state index contributed by atoms with van der Waals surface area (Å²) in [6.07, 6.45) is 1.22. The number of rotatable bonds is 5. The minimum Gasteiger partial charge on any atom is -0.493 e. The van der Waals surface area contributed by atoms with Crippen LogP contribution in [-0.2, 0) is 6.54 Å². The third-order valence-corrected chi connectivity index (χ3v) is 4.39. The van der Waals surface area contributed by atoms with Crippen LogP contribution in [0.15, 0.2) is 22.7 Å². The Morgan fingerprint density at radius 2 is 2.38 bits per heavy atom. The fourth-order valence-electron chi connectivity index (χ4n) is 2.19. The zero-order chi connectivity index (χ0) is 14.7. The normalized spacial score (nSPS) is 17.9. The van der Waals surface area contributed by atoms with Gasteiger partial charge >= 0.3 is 0 Å². The Morgan fingerprint density at radius 1 is 1.48 bits per heavy atom. The lowest BCUT2D eigenvalue weighted by atomic mass is 10.1. The molecule has 3 rings (SSSR count). The van der Waals surface area contributed by atoms with E-state index in [1.165, 1.54) is 0 Å². The average molecular weight is 307 g/mol. The van der Waals surface area contributed by atoms with Crippen LogP contribution in [0.25, 0.3) is 11.4 Å². The third kappa shape index (κ3) is 2.98. The van der Waals surface area contributed by atoms with Crippen LogP contribution in [0, 0.1) is 0 Å². The van der Waals surface area contributed by atoms with Crippen molar-refractivity contribution in [3.05, 3.63) is 24.1 Å². The molecule has 1 saturated heterocycles. The molecule has 2 heterocycles. The van der Waals surface area contributed by atoms with Gasteiger partial charge in [-0.05, 0) is 24.3 Å². The second kappa shape index (κ2) is 6.36. The molecule has 0 amide bonds. The lowest BCUT2D eigenvalue weighted by molar-refractivity contribution is 0.219. The number of hydrogen-bond donors (Lipinski definition) is 1. The first-order valence-electron chi connectivity index (χ1n) is 6.76. The maximum atomic E-state index is 6.13. The molecule has 2 aromatic rings. The van der Waals surface area contributed by atoms with E-state index in [0.717, 1.165) is 23.5 Å². The molecule has 1 unspecified atom stereocenters. The first-order valence-corrected chi connectivity index (χ1v) is 7.91. The van der Waals surface area contributed by atoms with Crippen molar-refractivity contribution < 1.29 is 14.0 Å². The number of para-hydroxylation sites is 1. The molecule has 1 aliphatic heterocycles. The fraction of sp³-hybridized carbons (Fsp3) is 0.429. The molecule has 1 aromatic carbocycles. The van der Waals surface area contributed by atoms with Crippen molar-refractivity contribution in [2.24, 2.45) is 5.73 Å². The Bertz CT molecular complexity index is 611. The predicted molar refractivity (Wildman–Crippen MR) is 80.5 cm³/mol. The van der Waals surface area contributed by atoms with Gasteiger partial charge in [0.25, 0.3) is 0 Å². The lowest BCUT2D eigenvalue weighted by Crippen LogP contribution is -2.16. The smallest absolute Gasteiger partial charge is 0.240 e. The van der Waals surface area contributed by atoms with Crippen LogP contribution in [0.3, 0.4) is 0 Å². The van der Waals surface area contributed by atoms with Gasteiger partial charge in [0, 0.05) is 5.75 Å². The molecule has 0 aliphatic carbocycles. The molecule has 1 fully saturated rings. The monoisotopic (exact) mass is 307 g/mol. The van der Waals surface area contributed by atoms with Crippen LogP contribution in [0.4, 0.5) is 0 Å². The third-order valence-electron chi connectivity index (χ3n) is 3.25. The first kappa shape index (κ1) is 14.2. The van der Waals surface area contributed by atoms with E-state index in [-0.39, 0.29) is 12.6 Å². The van der Waals surface area contributed by atoms with E-state index in [0.29, 0.717) is 23.2 Å². The summed E-state index contributed by atoms with van der Waals surface area (Å²) in [7, 11) is 1.62. The molecule has 1 atom stereocenters. The second-order valence-corrected chi connectivity index (χ2v) is 5.81. The molecular formula is C14H17N3O3S. The summed E-state index contributed by atoms with van der Waals surface area (Å²) < 4.78 is 16.6. The van der Waals surface area contributed by atoms with Crippen molar-refractivity contribution in [2.45, 2.75) is 19.1 Å². The zero-order valence-electron chi connectivity index (χ0n) is 11.7. The number of hydrogen-bond acceptors (Lipinski definition) is 7. The van der Waals surface area contributed by atoms with Gasteiger partial charge < -0.3 is 19.7 Å². The molecule has 0 saturated carbocycles. The van der Waals surface area contributed by atoms with Gasteiger partial charge in [0.15, 0.2) is 11.5 Å². The molecule has 0 spiro atoms. The summed E-state index contributed by atoms with van der Waals surface area (Å²) in [4.78, 5) is 4.27. The number of nitrogens with two attached hydrogens (primary N) is 1. The number of nitrogens with zero attached hydrogens (tertiary/aromatic N) is 2. The minimum absolute atomic E-state index is 0.186. The van der Waals surface area contributed by atoms with Crippen LogP contribution in [0.1, 0.15) is 12.3 Å². The van der Waals surface area contributed by atoms with Crippen molar-refractivity contribution in [2.75, 3.05) is 18.6 Å². The second-order valence-electron chi connectivity index (χ2n) is 4.66. The molecule has 6 nitrogen and oxygen atoms in total.